The molecule has 0 amide bonds. The van der Waals surface area contributed by atoms with E-state index in [1.165, 1.54) is 5.56 Å². The monoisotopic (exact) mass is 302 g/mol. The van der Waals surface area contributed by atoms with E-state index in [4.69, 9.17) is 9.31 Å². The highest BCUT2D eigenvalue weighted by molar-refractivity contribution is 6.47. The molecule has 0 bridgehead atoms. The maximum absolute atomic E-state index is 12.2. The summed E-state index contributed by atoms with van der Waals surface area (Å²) in [7, 11) is -0.300. The number of benzene rings is 1. The number of ketones is 1. The summed E-state index contributed by atoms with van der Waals surface area (Å²) >= 11 is 0. The van der Waals surface area contributed by atoms with Crippen LogP contribution in [0.4, 0.5) is 0 Å². The van der Waals surface area contributed by atoms with Crippen LogP contribution in [0.2, 0.25) is 5.82 Å². The Kier molecular flexibility index (Phi) is 5.13. The summed E-state index contributed by atoms with van der Waals surface area (Å²) in [6, 6.07) is 10.1. The minimum Gasteiger partial charge on any atom is -0.403 e. The van der Waals surface area contributed by atoms with Crippen molar-refractivity contribution in [2.24, 2.45) is 0 Å². The smallest absolute Gasteiger partial charge is 0.403 e. The zero-order chi connectivity index (χ0) is 16.4. The average molecular weight is 302 g/mol. The third-order valence-corrected chi connectivity index (χ3v) is 4.82. The molecule has 4 heteroatoms. The molecule has 2 rings (SSSR count). The van der Waals surface area contributed by atoms with Crippen LogP contribution in [0.5, 0.6) is 0 Å². The first-order valence-corrected chi connectivity index (χ1v) is 8.12. The normalized spacial score (nSPS) is 20.9. The van der Waals surface area contributed by atoms with Gasteiger partial charge in [-0.3, -0.25) is 4.79 Å². The highest BCUT2D eigenvalue weighted by Gasteiger charge is 2.52. The minimum atomic E-state index is -0.334. The topological polar surface area (TPSA) is 35.5 Å². The number of rotatable bonds is 6. The Balaban J connectivity index is 1.82. The molecule has 0 N–H and O–H groups in total. The third-order valence-electron chi connectivity index (χ3n) is 4.82. The number of Topliss-reactive ketones (excluding diaryl/α,β-unsaturated/α-hetero) is 1. The van der Waals surface area contributed by atoms with Crippen molar-refractivity contribution < 1.29 is 14.1 Å². The van der Waals surface area contributed by atoms with Crippen molar-refractivity contribution >= 4 is 12.9 Å². The Morgan fingerprint density at radius 1 is 1.09 bits per heavy atom. The molecule has 0 aliphatic carbocycles. The standard InChI is InChI=1S/C18H27BO3/c1-14(19-21-17(2,3)18(4,5)22-19)13-16(20)12-11-15-9-7-6-8-10-15/h6-10,14H,11-13H2,1-5H3/t14-/m1/s1. The van der Waals surface area contributed by atoms with Gasteiger partial charge < -0.3 is 9.31 Å². The fraction of sp³-hybridized carbons (Fsp3) is 0.611. The summed E-state index contributed by atoms with van der Waals surface area (Å²) in [4.78, 5) is 12.2. The first-order valence-electron chi connectivity index (χ1n) is 8.12. The molecular formula is C18H27BO3. The molecule has 22 heavy (non-hydrogen) atoms. The van der Waals surface area contributed by atoms with E-state index in [0.717, 1.165) is 6.42 Å². The van der Waals surface area contributed by atoms with Gasteiger partial charge in [0.25, 0.3) is 0 Å². The van der Waals surface area contributed by atoms with Crippen LogP contribution in [-0.4, -0.2) is 24.1 Å². The van der Waals surface area contributed by atoms with E-state index in [2.05, 4.69) is 12.1 Å². The van der Waals surface area contributed by atoms with E-state index >= 15 is 0 Å². The molecule has 1 heterocycles. The van der Waals surface area contributed by atoms with Crippen LogP contribution in [0.3, 0.4) is 0 Å². The first kappa shape index (κ1) is 17.2. The van der Waals surface area contributed by atoms with Crippen molar-refractivity contribution in [2.45, 2.75) is 70.9 Å². The van der Waals surface area contributed by atoms with Gasteiger partial charge >= 0.3 is 7.12 Å². The molecule has 1 atom stereocenters. The zero-order valence-electron chi connectivity index (χ0n) is 14.4. The Labute approximate surface area is 134 Å². The molecule has 1 aromatic carbocycles. The van der Waals surface area contributed by atoms with Gasteiger partial charge in [-0.2, -0.15) is 0 Å². The molecule has 0 saturated carbocycles. The van der Waals surface area contributed by atoms with Gasteiger partial charge in [0.1, 0.15) is 5.78 Å². The van der Waals surface area contributed by atoms with Crippen LogP contribution in [0.15, 0.2) is 30.3 Å². The van der Waals surface area contributed by atoms with E-state index in [0.29, 0.717) is 12.8 Å². The fourth-order valence-corrected chi connectivity index (χ4v) is 2.61. The van der Waals surface area contributed by atoms with E-state index < -0.39 is 0 Å². The maximum atomic E-state index is 12.2. The molecule has 0 spiro atoms. The van der Waals surface area contributed by atoms with Crippen molar-refractivity contribution in [2.75, 3.05) is 0 Å². The fourth-order valence-electron chi connectivity index (χ4n) is 2.61. The Hall–Kier alpha value is -1.13. The number of hydrogen-bond acceptors (Lipinski definition) is 3. The summed E-state index contributed by atoms with van der Waals surface area (Å²) in [6.07, 6.45) is 1.88. The third kappa shape index (κ3) is 3.99. The quantitative estimate of drug-likeness (QED) is 0.743. The Bertz CT molecular complexity index is 494. The van der Waals surface area contributed by atoms with Gasteiger partial charge in [0.2, 0.25) is 0 Å². The van der Waals surface area contributed by atoms with Crippen LogP contribution in [0, 0.1) is 0 Å². The van der Waals surface area contributed by atoms with Crippen molar-refractivity contribution in [3.8, 4) is 0 Å². The summed E-state index contributed by atoms with van der Waals surface area (Å²) in [5.74, 6) is 0.343. The van der Waals surface area contributed by atoms with Gasteiger partial charge in [0.15, 0.2) is 0 Å². The van der Waals surface area contributed by atoms with Crippen LogP contribution >= 0.6 is 0 Å². The lowest BCUT2D eigenvalue weighted by molar-refractivity contribution is -0.119. The molecule has 0 radical (unpaired) electrons. The Morgan fingerprint density at radius 3 is 2.18 bits per heavy atom. The van der Waals surface area contributed by atoms with E-state index in [1.54, 1.807) is 0 Å². The van der Waals surface area contributed by atoms with Gasteiger partial charge in [-0.1, -0.05) is 37.3 Å². The molecule has 0 aromatic heterocycles. The second kappa shape index (κ2) is 6.55. The lowest BCUT2D eigenvalue weighted by Crippen LogP contribution is -2.41. The highest BCUT2D eigenvalue weighted by Crippen LogP contribution is 2.40. The predicted octanol–water partition coefficient (Wildman–Crippen LogP) is 4.06. The lowest BCUT2D eigenvalue weighted by atomic mass is 9.70. The van der Waals surface area contributed by atoms with Gasteiger partial charge in [-0.25, -0.2) is 0 Å². The molecule has 3 nitrogen and oxygen atoms in total. The van der Waals surface area contributed by atoms with E-state index in [-0.39, 0.29) is 29.9 Å². The molecule has 1 fully saturated rings. The minimum absolute atomic E-state index is 0.0734. The summed E-state index contributed by atoms with van der Waals surface area (Å²) in [6.45, 7) is 10.2. The van der Waals surface area contributed by atoms with Crippen LogP contribution in [-0.2, 0) is 20.5 Å². The molecule has 0 unspecified atom stereocenters. The maximum Gasteiger partial charge on any atom is 0.461 e. The summed E-state index contributed by atoms with van der Waals surface area (Å²) < 4.78 is 12.0. The number of hydrogen-bond donors (Lipinski definition) is 0. The van der Waals surface area contributed by atoms with Gasteiger partial charge in [0.05, 0.1) is 11.2 Å². The number of carbonyl (C=O) groups is 1. The van der Waals surface area contributed by atoms with Gasteiger partial charge in [0, 0.05) is 12.8 Å². The van der Waals surface area contributed by atoms with Gasteiger partial charge in [-0.15, -0.1) is 0 Å². The molecular weight excluding hydrogens is 275 g/mol. The molecule has 1 aromatic rings. The van der Waals surface area contributed by atoms with Crippen LogP contribution < -0.4 is 0 Å². The van der Waals surface area contributed by atoms with Crippen LogP contribution in [0.1, 0.15) is 53.0 Å². The second-order valence-electron chi connectivity index (χ2n) is 7.33. The second-order valence-corrected chi connectivity index (χ2v) is 7.33. The highest BCUT2D eigenvalue weighted by atomic mass is 16.7. The summed E-state index contributed by atoms with van der Waals surface area (Å²) in [5.41, 5.74) is 0.539. The zero-order valence-corrected chi connectivity index (χ0v) is 14.4. The molecule has 1 aliphatic rings. The summed E-state index contributed by atoms with van der Waals surface area (Å²) in [5, 5.41) is 0. The SMILES string of the molecule is C[C@H](CC(=O)CCc1ccccc1)B1OC(C)(C)C(C)(C)O1. The van der Waals surface area contributed by atoms with Crippen LogP contribution in [0.25, 0.3) is 0 Å². The number of carbonyl (C=O) groups excluding carboxylic acids is 1. The number of aryl methyl sites for hydroxylation is 1. The first-order chi connectivity index (χ1) is 10.2. The average Bonchev–Trinajstić information content (AvgIpc) is 2.66. The van der Waals surface area contributed by atoms with Crippen molar-refractivity contribution in [3.63, 3.8) is 0 Å². The van der Waals surface area contributed by atoms with E-state index in [9.17, 15) is 4.79 Å². The van der Waals surface area contributed by atoms with Gasteiger partial charge in [-0.05, 0) is 45.5 Å². The predicted molar refractivity (Wildman–Crippen MR) is 89.9 cm³/mol. The molecule has 1 saturated heterocycles. The molecule has 120 valence electrons. The largest absolute Gasteiger partial charge is 0.461 e. The lowest BCUT2D eigenvalue weighted by Gasteiger charge is -2.32. The molecule has 1 aliphatic heterocycles. The van der Waals surface area contributed by atoms with E-state index in [1.807, 2.05) is 52.8 Å². The van der Waals surface area contributed by atoms with Crippen molar-refractivity contribution in [1.82, 2.24) is 0 Å². The van der Waals surface area contributed by atoms with Crippen molar-refractivity contribution in [1.29, 1.82) is 0 Å². The Morgan fingerprint density at radius 2 is 1.64 bits per heavy atom. The van der Waals surface area contributed by atoms with Crippen molar-refractivity contribution in [3.05, 3.63) is 35.9 Å².